The highest BCUT2D eigenvalue weighted by Gasteiger charge is 2.38. The number of carbonyl (C=O) groups is 1. The van der Waals surface area contributed by atoms with E-state index in [1.54, 1.807) is 20.8 Å². The van der Waals surface area contributed by atoms with Crippen LogP contribution in [0.2, 0.25) is 0 Å². The van der Waals surface area contributed by atoms with Gasteiger partial charge in [-0.3, -0.25) is 4.79 Å². The summed E-state index contributed by atoms with van der Waals surface area (Å²) in [6.07, 6.45) is 0.843. The SMILES string of the molecule is CCOC(CC)(CC)C(=O)c1ccc(C)c(F)c1F. The molecule has 0 radical (unpaired) electrons. The molecule has 0 aromatic heterocycles. The molecule has 0 aliphatic rings. The van der Waals surface area contributed by atoms with Crippen molar-refractivity contribution in [3.05, 3.63) is 34.9 Å². The largest absolute Gasteiger partial charge is 0.367 e. The van der Waals surface area contributed by atoms with Crippen molar-refractivity contribution in [2.75, 3.05) is 6.61 Å². The van der Waals surface area contributed by atoms with Crippen LogP contribution in [0.1, 0.15) is 49.5 Å². The first-order chi connectivity index (χ1) is 8.93. The zero-order valence-corrected chi connectivity index (χ0v) is 11.8. The maximum atomic E-state index is 13.9. The minimum Gasteiger partial charge on any atom is -0.367 e. The van der Waals surface area contributed by atoms with Crippen LogP contribution in [0.15, 0.2) is 12.1 Å². The number of hydrogen-bond acceptors (Lipinski definition) is 2. The van der Waals surface area contributed by atoms with Gasteiger partial charge in [0.25, 0.3) is 0 Å². The molecule has 106 valence electrons. The highest BCUT2D eigenvalue weighted by atomic mass is 19.2. The van der Waals surface area contributed by atoms with E-state index >= 15 is 0 Å². The lowest BCUT2D eigenvalue weighted by atomic mass is 9.87. The highest BCUT2D eigenvalue weighted by molar-refractivity contribution is 6.02. The molecule has 0 fully saturated rings. The van der Waals surface area contributed by atoms with E-state index in [1.165, 1.54) is 19.1 Å². The summed E-state index contributed by atoms with van der Waals surface area (Å²) in [5.41, 5.74) is -1.12. The number of ketones is 1. The molecule has 1 rings (SSSR count). The van der Waals surface area contributed by atoms with Gasteiger partial charge in [-0.15, -0.1) is 0 Å². The monoisotopic (exact) mass is 270 g/mol. The molecule has 0 bridgehead atoms. The molecule has 0 spiro atoms. The molecule has 0 atom stereocenters. The Morgan fingerprint density at radius 1 is 1.16 bits per heavy atom. The molecule has 0 aliphatic carbocycles. The van der Waals surface area contributed by atoms with E-state index in [4.69, 9.17) is 4.74 Å². The average Bonchev–Trinajstić information content (AvgIpc) is 2.42. The number of rotatable bonds is 6. The van der Waals surface area contributed by atoms with Crippen LogP contribution in [0.25, 0.3) is 0 Å². The Morgan fingerprint density at radius 2 is 1.74 bits per heavy atom. The van der Waals surface area contributed by atoms with Crippen LogP contribution >= 0.6 is 0 Å². The van der Waals surface area contributed by atoms with Gasteiger partial charge in [0.1, 0.15) is 5.60 Å². The molecule has 1 aromatic rings. The van der Waals surface area contributed by atoms with Crippen molar-refractivity contribution >= 4 is 5.78 Å². The molecular formula is C15H20F2O2. The van der Waals surface area contributed by atoms with E-state index in [0.29, 0.717) is 19.4 Å². The fraction of sp³-hybridized carbons (Fsp3) is 0.533. The third kappa shape index (κ3) is 2.84. The van der Waals surface area contributed by atoms with Gasteiger partial charge in [-0.05, 0) is 38.3 Å². The Balaban J connectivity index is 3.28. The minimum absolute atomic E-state index is 0.184. The molecular weight excluding hydrogens is 250 g/mol. The van der Waals surface area contributed by atoms with Gasteiger partial charge in [-0.1, -0.05) is 19.9 Å². The maximum absolute atomic E-state index is 13.9. The number of carbonyl (C=O) groups excluding carboxylic acids is 1. The zero-order chi connectivity index (χ0) is 14.6. The molecule has 0 N–H and O–H groups in total. The fourth-order valence-corrected chi connectivity index (χ4v) is 2.18. The molecule has 2 nitrogen and oxygen atoms in total. The second-order valence-electron chi connectivity index (χ2n) is 4.52. The quantitative estimate of drug-likeness (QED) is 0.729. The van der Waals surface area contributed by atoms with Gasteiger partial charge in [0.05, 0.1) is 5.56 Å². The summed E-state index contributed by atoms with van der Waals surface area (Å²) in [6.45, 7) is 7.20. The summed E-state index contributed by atoms with van der Waals surface area (Å²) < 4.78 is 33.0. The molecule has 19 heavy (non-hydrogen) atoms. The van der Waals surface area contributed by atoms with E-state index in [0.717, 1.165) is 0 Å². The number of aryl methyl sites for hydroxylation is 1. The topological polar surface area (TPSA) is 26.3 Å². The van der Waals surface area contributed by atoms with E-state index < -0.39 is 23.0 Å². The summed E-state index contributed by atoms with van der Waals surface area (Å²) in [7, 11) is 0. The lowest BCUT2D eigenvalue weighted by molar-refractivity contribution is -0.0253. The smallest absolute Gasteiger partial charge is 0.197 e. The van der Waals surface area contributed by atoms with Crippen molar-refractivity contribution in [2.45, 2.75) is 46.1 Å². The Hall–Kier alpha value is -1.29. The molecule has 1 aromatic carbocycles. The number of halogens is 2. The molecule has 0 unspecified atom stereocenters. The van der Waals surface area contributed by atoms with Crippen LogP contribution in [-0.4, -0.2) is 18.0 Å². The lowest BCUT2D eigenvalue weighted by Gasteiger charge is -2.30. The van der Waals surface area contributed by atoms with Crippen molar-refractivity contribution in [1.82, 2.24) is 0 Å². The van der Waals surface area contributed by atoms with Gasteiger partial charge in [0, 0.05) is 6.61 Å². The molecule has 0 saturated heterocycles. The van der Waals surface area contributed by atoms with Crippen molar-refractivity contribution < 1.29 is 18.3 Å². The van der Waals surface area contributed by atoms with Crippen LogP contribution in [0, 0.1) is 18.6 Å². The maximum Gasteiger partial charge on any atom is 0.197 e. The predicted octanol–water partition coefficient (Wildman–Crippen LogP) is 4.05. The Labute approximate surface area is 112 Å². The summed E-state index contributed by atoms with van der Waals surface area (Å²) in [6, 6.07) is 2.74. The molecule has 0 saturated carbocycles. The standard InChI is InChI=1S/C15H20F2O2/c1-5-15(6-2,19-7-3)14(18)11-9-8-10(4)12(16)13(11)17/h8-9H,5-7H2,1-4H3. The van der Waals surface area contributed by atoms with Crippen molar-refractivity contribution in [3.63, 3.8) is 0 Å². The third-order valence-electron chi connectivity index (χ3n) is 3.50. The first kappa shape index (κ1) is 15.8. The van der Waals surface area contributed by atoms with Crippen molar-refractivity contribution in [1.29, 1.82) is 0 Å². The zero-order valence-electron chi connectivity index (χ0n) is 11.8. The summed E-state index contributed by atoms with van der Waals surface area (Å²) in [5.74, 6) is -2.55. The summed E-state index contributed by atoms with van der Waals surface area (Å²) >= 11 is 0. The van der Waals surface area contributed by atoms with Gasteiger partial charge in [-0.25, -0.2) is 8.78 Å². The molecule has 0 amide bonds. The highest BCUT2D eigenvalue weighted by Crippen LogP contribution is 2.28. The van der Waals surface area contributed by atoms with Gasteiger partial charge >= 0.3 is 0 Å². The van der Waals surface area contributed by atoms with E-state index in [1.807, 2.05) is 0 Å². The van der Waals surface area contributed by atoms with Crippen molar-refractivity contribution in [2.24, 2.45) is 0 Å². The second-order valence-corrected chi connectivity index (χ2v) is 4.52. The van der Waals surface area contributed by atoms with Gasteiger partial charge < -0.3 is 4.74 Å². The van der Waals surface area contributed by atoms with Gasteiger partial charge in [0.15, 0.2) is 17.4 Å². The molecule has 4 heteroatoms. The summed E-state index contributed by atoms with van der Waals surface area (Å²) in [5, 5.41) is 0. The summed E-state index contributed by atoms with van der Waals surface area (Å²) in [4.78, 5) is 12.5. The molecule has 0 aliphatic heterocycles. The van der Waals surface area contributed by atoms with Gasteiger partial charge in [-0.2, -0.15) is 0 Å². The van der Waals surface area contributed by atoms with Crippen LogP contribution < -0.4 is 0 Å². The van der Waals surface area contributed by atoms with Crippen molar-refractivity contribution in [3.8, 4) is 0 Å². The van der Waals surface area contributed by atoms with E-state index in [9.17, 15) is 13.6 Å². The van der Waals surface area contributed by atoms with Gasteiger partial charge in [0.2, 0.25) is 0 Å². The number of ether oxygens (including phenoxy) is 1. The van der Waals surface area contributed by atoms with Crippen LogP contribution in [0.4, 0.5) is 8.78 Å². The first-order valence-corrected chi connectivity index (χ1v) is 6.56. The number of Topliss-reactive ketones (excluding diaryl/α,β-unsaturated/α-hetero) is 1. The Kier molecular flexibility index (Phi) is 5.18. The Bertz CT molecular complexity index is 465. The first-order valence-electron chi connectivity index (χ1n) is 6.56. The number of benzene rings is 1. The minimum atomic E-state index is -1.09. The van der Waals surface area contributed by atoms with Crippen LogP contribution in [-0.2, 0) is 4.74 Å². The lowest BCUT2D eigenvalue weighted by Crippen LogP contribution is -2.41. The Morgan fingerprint density at radius 3 is 2.21 bits per heavy atom. The second kappa shape index (κ2) is 6.24. The van der Waals surface area contributed by atoms with E-state index in [-0.39, 0.29) is 11.1 Å². The normalized spacial score (nSPS) is 11.7. The van der Waals surface area contributed by atoms with Crippen LogP contribution in [0.5, 0.6) is 0 Å². The molecule has 0 heterocycles. The average molecular weight is 270 g/mol. The number of hydrogen-bond donors (Lipinski definition) is 0. The van der Waals surface area contributed by atoms with Crippen LogP contribution in [0.3, 0.4) is 0 Å². The predicted molar refractivity (Wildman–Crippen MR) is 70.4 cm³/mol. The van der Waals surface area contributed by atoms with E-state index in [2.05, 4.69) is 0 Å². The third-order valence-corrected chi connectivity index (χ3v) is 3.50. The fourth-order valence-electron chi connectivity index (χ4n) is 2.18.